The molecule has 144 valence electrons. The van der Waals surface area contributed by atoms with Gasteiger partial charge < -0.3 is 9.47 Å². The van der Waals surface area contributed by atoms with Crippen molar-refractivity contribution in [3.8, 4) is 17.6 Å². The fraction of sp³-hybridized carbons (Fsp3) is 0.350. The van der Waals surface area contributed by atoms with Gasteiger partial charge in [0.15, 0.2) is 11.5 Å². The van der Waals surface area contributed by atoms with Gasteiger partial charge in [0.25, 0.3) is 0 Å². The molecule has 27 heavy (non-hydrogen) atoms. The summed E-state index contributed by atoms with van der Waals surface area (Å²) < 4.78 is 38.9. The number of nitrogens with zero attached hydrogens (tertiary/aromatic N) is 1. The van der Waals surface area contributed by atoms with Gasteiger partial charge in [-0.25, -0.2) is 13.1 Å². The minimum Gasteiger partial charge on any atom is -0.493 e. The molecule has 0 heterocycles. The molecule has 0 saturated heterocycles. The number of methoxy groups -OCH3 is 1. The molecule has 6 nitrogen and oxygen atoms in total. The first-order chi connectivity index (χ1) is 12.8. The number of hydrogen-bond donors (Lipinski definition) is 1. The number of rotatable bonds is 8. The standard InChI is InChI=1S/C20H24N2O4S/c1-14(2)13-26-19-9-8-17(11-20(19)25-4)15(3)22-27(23,24)18-7-5-6-16(10-18)12-21/h5-11,14-15,22H,13H2,1-4H3/t15-/m0/s1. The average molecular weight is 388 g/mol. The molecule has 0 aliphatic carbocycles. The van der Waals surface area contributed by atoms with Crippen LogP contribution in [0.3, 0.4) is 0 Å². The maximum absolute atomic E-state index is 12.6. The van der Waals surface area contributed by atoms with Gasteiger partial charge in [0.2, 0.25) is 10.0 Å². The van der Waals surface area contributed by atoms with Crippen LogP contribution in [-0.2, 0) is 10.0 Å². The maximum Gasteiger partial charge on any atom is 0.241 e. The molecule has 2 rings (SSSR count). The molecule has 0 saturated carbocycles. The van der Waals surface area contributed by atoms with Crippen LogP contribution in [0.25, 0.3) is 0 Å². The van der Waals surface area contributed by atoms with Crippen LogP contribution in [0.2, 0.25) is 0 Å². The first-order valence-electron chi connectivity index (χ1n) is 8.60. The smallest absolute Gasteiger partial charge is 0.241 e. The summed E-state index contributed by atoms with van der Waals surface area (Å²) in [7, 11) is -2.22. The van der Waals surface area contributed by atoms with Gasteiger partial charge in [0.1, 0.15) is 0 Å². The van der Waals surface area contributed by atoms with Crippen LogP contribution < -0.4 is 14.2 Å². The highest BCUT2D eigenvalue weighted by molar-refractivity contribution is 7.89. The van der Waals surface area contributed by atoms with E-state index >= 15 is 0 Å². The van der Waals surface area contributed by atoms with E-state index in [9.17, 15) is 8.42 Å². The molecule has 1 atom stereocenters. The zero-order valence-electron chi connectivity index (χ0n) is 15.9. The van der Waals surface area contributed by atoms with Crippen LogP contribution in [0.15, 0.2) is 47.4 Å². The van der Waals surface area contributed by atoms with E-state index in [-0.39, 0.29) is 4.90 Å². The third-order valence-corrected chi connectivity index (χ3v) is 5.40. The molecule has 0 spiro atoms. The van der Waals surface area contributed by atoms with Crippen LogP contribution in [0, 0.1) is 17.2 Å². The molecule has 0 aliphatic heterocycles. The Morgan fingerprint density at radius 3 is 2.48 bits per heavy atom. The summed E-state index contributed by atoms with van der Waals surface area (Å²) in [6.45, 7) is 6.42. The fourth-order valence-electron chi connectivity index (χ4n) is 2.43. The fourth-order valence-corrected chi connectivity index (χ4v) is 3.71. The molecule has 0 amide bonds. The Morgan fingerprint density at radius 1 is 1.11 bits per heavy atom. The van der Waals surface area contributed by atoms with Gasteiger partial charge in [-0.15, -0.1) is 0 Å². The Morgan fingerprint density at radius 2 is 1.85 bits per heavy atom. The zero-order valence-corrected chi connectivity index (χ0v) is 16.7. The lowest BCUT2D eigenvalue weighted by Crippen LogP contribution is -2.27. The Labute approximate surface area is 160 Å². The number of sulfonamides is 1. The summed E-state index contributed by atoms with van der Waals surface area (Å²) >= 11 is 0. The molecule has 0 bridgehead atoms. The van der Waals surface area contributed by atoms with Gasteiger partial charge in [0.05, 0.1) is 30.2 Å². The maximum atomic E-state index is 12.6. The second-order valence-corrected chi connectivity index (χ2v) is 8.31. The van der Waals surface area contributed by atoms with Crippen LogP contribution >= 0.6 is 0 Å². The topological polar surface area (TPSA) is 88.4 Å². The Hall–Kier alpha value is -2.56. The summed E-state index contributed by atoms with van der Waals surface area (Å²) in [5.74, 6) is 1.54. The lowest BCUT2D eigenvalue weighted by molar-refractivity contribution is 0.256. The Bertz CT molecular complexity index is 933. The van der Waals surface area contributed by atoms with E-state index in [4.69, 9.17) is 14.7 Å². The third kappa shape index (κ3) is 5.46. The molecule has 0 aliphatic rings. The van der Waals surface area contributed by atoms with Crippen molar-refractivity contribution in [1.82, 2.24) is 4.72 Å². The predicted molar refractivity (Wildman–Crippen MR) is 103 cm³/mol. The van der Waals surface area contributed by atoms with E-state index in [0.717, 1.165) is 5.56 Å². The van der Waals surface area contributed by atoms with E-state index in [1.165, 1.54) is 12.1 Å². The molecular formula is C20H24N2O4S. The van der Waals surface area contributed by atoms with Crippen molar-refractivity contribution in [3.05, 3.63) is 53.6 Å². The van der Waals surface area contributed by atoms with Crippen molar-refractivity contribution in [2.45, 2.75) is 31.7 Å². The van der Waals surface area contributed by atoms with Crippen LogP contribution in [0.5, 0.6) is 11.5 Å². The van der Waals surface area contributed by atoms with Crippen LogP contribution in [0.1, 0.15) is 37.9 Å². The van der Waals surface area contributed by atoms with Crippen molar-refractivity contribution in [2.24, 2.45) is 5.92 Å². The molecule has 2 aromatic carbocycles. The van der Waals surface area contributed by atoms with Crippen molar-refractivity contribution in [3.63, 3.8) is 0 Å². The van der Waals surface area contributed by atoms with E-state index in [1.807, 2.05) is 6.07 Å². The van der Waals surface area contributed by atoms with Crippen molar-refractivity contribution in [1.29, 1.82) is 5.26 Å². The molecule has 0 aromatic heterocycles. The Kier molecular flexibility index (Phi) is 6.83. The van der Waals surface area contributed by atoms with Gasteiger partial charge in [-0.1, -0.05) is 26.0 Å². The van der Waals surface area contributed by atoms with Gasteiger partial charge in [-0.05, 0) is 48.7 Å². The predicted octanol–water partition coefficient (Wildman–Crippen LogP) is 3.64. The third-order valence-electron chi connectivity index (χ3n) is 3.87. The first kappa shape index (κ1) is 20.7. The van der Waals surface area contributed by atoms with E-state index in [2.05, 4.69) is 18.6 Å². The lowest BCUT2D eigenvalue weighted by Gasteiger charge is -2.18. The SMILES string of the molecule is COc1cc([C@H](C)NS(=O)(=O)c2cccc(C#N)c2)ccc1OCC(C)C. The van der Waals surface area contributed by atoms with E-state index in [0.29, 0.717) is 29.6 Å². The molecule has 0 radical (unpaired) electrons. The number of hydrogen-bond acceptors (Lipinski definition) is 5. The summed E-state index contributed by atoms with van der Waals surface area (Å²) in [4.78, 5) is 0.0530. The monoisotopic (exact) mass is 388 g/mol. The summed E-state index contributed by atoms with van der Waals surface area (Å²) in [6, 6.07) is 12.7. The number of benzene rings is 2. The number of nitriles is 1. The second-order valence-electron chi connectivity index (χ2n) is 6.60. The second kappa shape index (κ2) is 8.89. The molecular weight excluding hydrogens is 364 g/mol. The summed E-state index contributed by atoms with van der Waals surface area (Å²) in [5.41, 5.74) is 1.03. The molecule has 2 aromatic rings. The average Bonchev–Trinajstić information content (AvgIpc) is 2.65. The number of nitrogens with one attached hydrogen (secondary N) is 1. The molecule has 0 fully saturated rings. The van der Waals surface area contributed by atoms with E-state index in [1.54, 1.807) is 44.4 Å². The lowest BCUT2D eigenvalue weighted by atomic mass is 10.1. The van der Waals surface area contributed by atoms with Gasteiger partial charge >= 0.3 is 0 Å². The normalized spacial score (nSPS) is 12.4. The highest BCUT2D eigenvalue weighted by Gasteiger charge is 2.20. The minimum absolute atomic E-state index is 0.0530. The van der Waals surface area contributed by atoms with Crippen LogP contribution in [0.4, 0.5) is 0 Å². The van der Waals surface area contributed by atoms with E-state index < -0.39 is 16.1 Å². The molecule has 1 N–H and O–H groups in total. The Balaban J connectivity index is 2.21. The van der Waals surface area contributed by atoms with Crippen LogP contribution in [-0.4, -0.2) is 22.1 Å². The molecule has 7 heteroatoms. The molecule has 0 unspecified atom stereocenters. The van der Waals surface area contributed by atoms with Crippen molar-refractivity contribution < 1.29 is 17.9 Å². The van der Waals surface area contributed by atoms with Crippen molar-refractivity contribution in [2.75, 3.05) is 13.7 Å². The number of ether oxygens (including phenoxy) is 2. The summed E-state index contributed by atoms with van der Waals surface area (Å²) in [5, 5.41) is 8.96. The van der Waals surface area contributed by atoms with Gasteiger partial charge in [-0.3, -0.25) is 0 Å². The summed E-state index contributed by atoms with van der Waals surface area (Å²) in [6.07, 6.45) is 0. The van der Waals surface area contributed by atoms with Gasteiger partial charge in [-0.2, -0.15) is 5.26 Å². The first-order valence-corrected chi connectivity index (χ1v) is 10.1. The quantitative estimate of drug-likeness (QED) is 0.746. The largest absolute Gasteiger partial charge is 0.493 e. The zero-order chi connectivity index (χ0) is 20.0. The van der Waals surface area contributed by atoms with Crippen molar-refractivity contribution >= 4 is 10.0 Å². The highest BCUT2D eigenvalue weighted by atomic mass is 32.2. The highest BCUT2D eigenvalue weighted by Crippen LogP contribution is 2.31. The van der Waals surface area contributed by atoms with Gasteiger partial charge in [0, 0.05) is 6.04 Å². The minimum atomic E-state index is -3.76.